The number of carbonyl (C=O) groups excluding carboxylic acids is 1. The van der Waals surface area contributed by atoms with Gasteiger partial charge in [0.2, 0.25) is 0 Å². The molecule has 0 unspecified atom stereocenters. The Hall–Kier alpha value is -1.03. The molecule has 0 heterocycles. The highest BCUT2D eigenvalue weighted by atomic mass is 16.8. The number of hydrogen-bond donors (Lipinski definition) is 1. The fraction of sp³-hybridized carbons (Fsp3) is 0.250. The van der Waals surface area contributed by atoms with Crippen molar-refractivity contribution in [3.63, 3.8) is 0 Å². The van der Waals surface area contributed by atoms with Crippen molar-refractivity contribution in [3.8, 4) is 0 Å². The van der Waals surface area contributed by atoms with Crippen molar-refractivity contribution in [1.29, 1.82) is 0 Å². The van der Waals surface area contributed by atoms with Gasteiger partial charge in [0.05, 0.1) is 6.26 Å². The van der Waals surface area contributed by atoms with E-state index in [4.69, 9.17) is 5.11 Å². The van der Waals surface area contributed by atoms with Gasteiger partial charge in [0.15, 0.2) is 6.79 Å². The van der Waals surface area contributed by atoms with Crippen LogP contribution in [0.4, 0.5) is 4.79 Å². The summed E-state index contributed by atoms with van der Waals surface area (Å²) in [5, 5.41) is 7.91. The van der Waals surface area contributed by atoms with Gasteiger partial charge in [-0.1, -0.05) is 6.58 Å². The average Bonchev–Trinajstić information content (AvgIpc) is 1.68. The van der Waals surface area contributed by atoms with Gasteiger partial charge in [-0.2, -0.15) is 0 Å². The number of rotatable bonds is 2. The maximum Gasteiger partial charge on any atom is 0.515 e. The third kappa shape index (κ3) is 3.17. The zero-order chi connectivity index (χ0) is 6.41. The van der Waals surface area contributed by atoms with Crippen molar-refractivity contribution >= 4 is 6.16 Å². The molecule has 0 radical (unpaired) electrons. The van der Waals surface area contributed by atoms with Gasteiger partial charge >= 0.3 is 6.16 Å². The van der Waals surface area contributed by atoms with Crippen molar-refractivity contribution in [1.82, 2.24) is 0 Å². The molecule has 0 bridgehead atoms. The van der Waals surface area contributed by atoms with Crippen molar-refractivity contribution in [2.75, 3.05) is 6.79 Å². The lowest BCUT2D eigenvalue weighted by Gasteiger charge is -1.94. The highest BCUT2D eigenvalue weighted by molar-refractivity contribution is 5.60. The Kier molecular flexibility index (Phi) is 3.60. The lowest BCUT2D eigenvalue weighted by molar-refractivity contribution is 0.0104. The molecule has 8 heavy (non-hydrogen) atoms. The Balaban J connectivity index is 3.18. The topological polar surface area (TPSA) is 55.8 Å². The first kappa shape index (κ1) is 6.97. The minimum atomic E-state index is -0.956. The summed E-state index contributed by atoms with van der Waals surface area (Å²) in [6.45, 7) is 2.40. The number of aliphatic hydroxyl groups excluding tert-OH is 1. The highest BCUT2D eigenvalue weighted by Gasteiger charge is 1.95. The molecule has 0 spiro atoms. The highest BCUT2D eigenvalue weighted by Crippen LogP contribution is 1.81. The molecule has 1 N–H and O–H groups in total. The minimum Gasteiger partial charge on any atom is -0.407 e. The summed E-state index contributed by atoms with van der Waals surface area (Å²) >= 11 is 0. The van der Waals surface area contributed by atoms with Gasteiger partial charge in [-0.05, 0) is 0 Å². The molecule has 46 valence electrons. The monoisotopic (exact) mass is 118 g/mol. The predicted octanol–water partition coefficient (Wildman–Crippen LogP) is 0.233. The van der Waals surface area contributed by atoms with Crippen LogP contribution in [0.15, 0.2) is 12.8 Å². The largest absolute Gasteiger partial charge is 0.515 e. The molecule has 0 saturated carbocycles. The molecule has 4 heteroatoms. The predicted molar refractivity (Wildman–Crippen MR) is 24.8 cm³/mol. The van der Waals surface area contributed by atoms with Crippen LogP contribution in [0.5, 0.6) is 0 Å². The third-order valence-electron chi connectivity index (χ3n) is 0.362. The normalized spacial score (nSPS) is 7.62. The molecule has 0 atom stereocenters. The summed E-state index contributed by atoms with van der Waals surface area (Å²) in [6, 6.07) is 0. The van der Waals surface area contributed by atoms with Crippen molar-refractivity contribution < 1.29 is 19.4 Å². The Morgan fingerprint density at radius 1 is 1.88 bits per heavy atom. The van der Waals surface area contributed by atoms with Crippen molar-refractivity contribution in [2.45, 2.75) is 0 Å². The Morgan fingerprint density at radius 2 is 2.50 bits per heavy atom. The summed E-state index contributed by atoms with van der Waals surface area (Å²) in [4.78, 5) is 9.97. The molecule has 0 aromatic heterocycles. The molecule has 0 aliphatic rings. The van der Waals surface area contributed by atoms with Crippen molar-refractivity contribution in [2.24, 2.45) is 0 Å². The SMILES string of the molecule is C=COC(=O)OCO. The van der Waals surface area contributed by atoms with Gasteiger partial charge in [-0.3, -0.25) is 0 Å². The lowest BCUT2D eigenvalue weighted by atomic mass is 11.1. The Bertz CT molecular complexity index is 88.0. The Labute approximate surface area is 46.3 Å². The van der Waals surface area contributed by atoms with Crippen LogP contribution in [0, 0.1) is 0 Å². The smallest absolute Gasteiger partial charge is 0.407 e. The third-order valence-corrected chi connectivity index (χ3v) is 0.362. The van der Waals surface area contributed by atoms with E-state index in [-0.39, 0.29) is 0 Å². The summed E-state index contributed by atoms with van der Waals surface area (Å²) in [7, 11) is 0. The zero-order valence-corrected chi connectivity index (χ0v) is 4.16. The first-order valence-electron chi connectivity index (χ1n) is 1.86. The van der Waals surface area contributed by atoms with Crippen LogP contribution in [0.3, 0.4) is 0 Å². The molecule has 0 aliphatic heterocycles. The maximum atomic E-state index is 9.97. The van der Waals surface area contributed by atoms with Crippen LogP contribution in [-0.2, 0) is 9.47 Å². The number of carbonyl (C=O) groups is 1. The summed E-state index contributed by atoms with van der Waals surface area (Å²) in [5.74, 6) is 0. The van der Waals surface area contributed by atoms with E-state index in [0.717, 1.165) is 6.26 Å². The molecule has 0 aliphatic carbocycles. The summed E-state index contributed by atoms with van der Waals surface area (Å²) < 4.78 is 7.93. The zero-order valence-electron chi connectivity index (χ0n) is 4.16. The van der Waals surface area contributed by atoms with E-state index in [2.05, 4.69) is 16.1 Å². The molecule has 0 rings (SSSR count). The van der Waals surface area contributed by atoms with Gasteiger partial charge in [0.25, 0.3) is 0 Å². The molecule has 0 amide bonds. The van der Waals surface area contributed by atoms with Crippen molar-refractivity contribution in [3.05, 3.63) is 12.8 Å². The second-order valence-corrected chi connectivity index (χ2v) is 0.808. The number of ether oxygens (including phenoxy) is 2. The fourth-order valence-corrected chi connectivity index (χ4v) is 0.155. The van der Waals surface area contributed by atoms with E-state index >= 15 is 0 Å². The molecule has 4 nitrogen and oxygen atoms in total. The van der Waals surface area contributed by atoms with Crippen LogP contribution in [0.1, 0.15) is 0 Å². The molecular weight excluding hydrogens is 112 g/mol. The van der Waals surface area contributed by atoms with E-state index < -0.39 is 12.9 Å². The summed E-state index contributed by atoms with van der Waals surface area (Å²) in [6.07, 6.45) is -0.0413. The summed E-state index contributed by atoms with van der Waals surface area (Å²) in [5.41, 5.74) is 0. The van der Waals surface area contributed by atoms with Gasteiger partial charge in [0, 0.05) is 0 Å². The molecular formula is C4H6O4. The molecule has 0 fully saturated rings. The van der Waals surface area contributed by atoms with E-state index in [1.165, 1.54) is 0 Å². The van der Waals surface area contributed by atoms with Gasteiger partial charge in [-0.25, -0.2) is 4.79 Å². The van der Waals surface area contributed by atoms with E-state index in [9.17, 15) is 4.79 Å². The van der Waals surface area contributed by atoms with Crippen LogP contribution in [0.2, 0.25) is 0 Å². The van der Waals surface area contributed by atoms with Crippen LogP contribution >= 0.6 is 0 Å². The number of aliphatic hydroxyl groups is 1. The van der Waals surface area contributed by atoms with Crippen LogP contribution in [0.25, 0.3) is 0 Å². The first-order valence-corrected chi connectivity index (χ1v) is 1.86. The first-order chi connectivity index (χ1) is 3.81. The van der Waals surface area contributed by atoms with Crippen LogP contribution in [-0.4, -0.2) is 18.1 Å². The van der Waals surface area contributed by atoms with Gasteiger partial charge in [0.1, 0.15) is 0 Å². The minimum absolute atomic E-state index is 0.674. The quantitative estimate of drug-likeness (QED) is 0.320. The fourth-order valence-electron chi connectivity index (χ4n) is 0.155. The average molecular weight is 118 g/mol. The standard InChI is InChI=1S/C4H6O4/c1-2-7-4(6)8-3-5/h2,5H,1,3H2. The molecule has 0 saturated heterocycles. The van der Waals surface area contributed by atoms with E-state index in [1.807, 2.05) is 0 Å². The van der Waals surface area contributed by atoms with Crippen LogP contribution < -0.4 is 0 Å². The molecule has 0 aromatic rings. The lowest BCUT2D eigenvalue weighted by Crippen LogP contribution is -2.03. The molecule has 0 aromatic carbocycles. The second-order valence-electron chi connectivity index (χ2n) is 0.808. The Morgan fingerprint density at radius 3 is 2.88 bits per heavy atom. The van der Waals surface area contributed by atoms with Gasteiger partial charge in [-0.15, -0.1) is 0 Å². The number of hydrogen-bond acceptors (Lipinski definition) is 4. The van der Waals surface area contributed by atoms with E-state index in [1.54, 1.807) is 0 Å². The second kappa shape index (κ2) is 4.14. The van der Waals surface area contributed by atoms with Gasteiger partial charge < -0.3 is 14.6 Å². The maximum absolute atomic E-state index is 9.97. The van der Waals surface area contributed by atoms with E-state index in [0.29, 0.717) is 0 Å².